The van der Waals surface area contributed by atoms with Crippen molar-refractivity contribution in [3.8, 4) is 5.75 Å². The van der Waals surface area contributed by atoms with Gasteiger partial charge in [-0.15, -0.1) is 0 Å². The molecule has 2 aliphatic heterocycles. The molecular formula is C26H34N4O3. The molecular weight excluding hydrogens is 416 g/mol. The van der Waals surface area contributed by atoms with Crippen molar-refractivity contribution < 1.29 is 14.3 Å². The van der Waals surface area contributed by atoms with Crippen LogP contribution in [0, 0.1) is 0 Å². The minimum absolute atomic E-state index is 0.0522. The summed E-state index contributed by atoms with van der Waals surface area (Å²) >= 11 is 0. The van der Waals surface area contributed by atoms with Crippen molar-refractivity contribution >= 4 is 23.2 Å². The first-order valence-electron chi connectivity index (χ1n) is 11.9. The van der Waals surface area contributed by atoms with Crippen molar-refractivity contribution in [2.75, 3.05) is 50.6 Å². The molecule has 0 spiro atoms. The maximum atomic E-state index is 12.6. The highest BCUT2D eigenvalue weighted by molar-refractivity contribution is 6.39. The Labute approximate surface area is 196 Å². The van der Waals surface area contributed by atoms with Crippen molar-refractivity contribution in [3.05, 3.63) is 53.6 Å². The number of benzene rings is 2. The second-order valence-corrected chi connectivity index (χ2v) is 8.92. The summed E-state index contributed by atoms with van der Waals surface area (Å²) in [7, 11) is 3.70. The number of fused-ring (bicyclic) bond motifs is 1. The topological polar surface area (TPSA) is 73.9 Å². The Kier molecular flexibility index (Phi) is 7.50. The van der Waals surface area contributed by atoms with Crippen molar-refractivity contribution in [2.24, 2.45) is 0 Å². The van der Waals surface area contributed by atoms with E-state index in [4.69, 9.17) is 4.74 Å². The number of anilines is 2. The fourth-order valence-electron chi connectivity index (χ4n) is 4.86. The number of methoxy groups -OCH3 is 1. The molecule has 2 aromatic carbocycles. The minimum atomic E-state index is -0.673. The summed E-state index contributed by atoms with van der Waals surface area (Å²) in [6.45, 7) is 3.50. The second kappa shape index (κ2) is 10.7. The summed E-state index contributed by atoms with van der Waals surface area (Å²) in [6.07, 6.45) is 5.80. The number of nitrogens with one attached hydrogen (secondary N) is 2. The highest BCUT2D eigenvalue weighted by atomic mass is 16.5. The molecule has 0 aliphatic carbocycles. The largest absolute Gasteiger partial charge is 0.497 e. The predicted molar refractivity (Wildman–Crippen MR) is 131 cm³/mol. The van der Waals surface area contributed by atoms with E-state index in [2.05, 4.69) is 45.7 Å². The van der Waals surface area contributed by atoms with E-state index in [-0.39, 0.29) is 6.04 Å². The van der Waals surface area contributed by atoms with Gasteiger partial charge in [-0.25, -0.2) is 0 Å². The van der Waals surface area contributed by atoms with E-state index < -0.39 is 11.8 Å². The molecule has 0 aromatic heterocycles. The molecule has 4 rings (SSSR count). The van der Waals surface area contributed by atoms with Gasteiger partial charge in [-0.3, -0.25) is 14.5 Å². The highest BCUT2D eigenvalue weighted by Crippen LogP contribution is 2.31. The Morgan fingerprint density at radius 3 is 2.61 bits per heavy atom. The number of hydrogen-bond donors (Lipinski definition) is 2. The van der Waals surface area contributed by atoms with Gasteiger partial charge in [0.25, 0.3) is 0 Å². The van der Waals surface area contributed by atoms with Crippen LogP contribution in [0.3, 0.4) is 0 Å². The first-order valence-corrected chi connectivity index (χ1v) is 11.9. The first-order chi connectivity index (χ1) is 16.0. The van der Waals surface area contributed by atoms with Crippen LogP contribution in [-0.4, -0.2) is 57.1 Å². The van der Waals surface area contributed by atoms with Crippen LogP contribution in [0.2, 0.25) is 0 Å². The molecule has 2 aliphatic rings. The van der Waals surface area contributed by atoms with Crippen LogP contribution >= 0.6 is 0 Å². The van der Waals surface area contributed by atoms with E-state index in [1.165, 1.54) is 23.2 Å². The lowest BCUT2D eigenvalue weighted by atomic mass is 9.95. The summed E-state index contributed by atoms with van der Waals surface area (Å²) in [5.74, 6) is -0.679. The Morgan fingerprint density at radius 2 is 1.82 bits per heavy atom. The zero-order chi connectivity index (χ0) is 23.2. The Morgan fingerprint density at radius 1 is 1.00 bits per heavy atom. The van der Waals surface area contributed by atoms with Gasteiger partial charge in [-0.05, 0) is 68.1 Å². The number of carbonyl (C=O) groups is 2. The van der Waals surface area contributed by atoms with Crippen LogP contribution in [0.25, 0.3) is 0 Å². The quantitative estimate of drug-likeness (QED) is 0.661. The van der Waals surface area contributed by atoms with Gasteiger partial charge in [-0.1, -0.05) is 24.6 Å². The third kappa shape index (κ3) is 5.66. The standard InChI is InChI=1S/C26H34N4O3/c1-29-13-7-8-19-16-20(11-12-23(19)29)24(30-14-4-3-5-15-30)18-27-25(31)26(32)28-21-9-6-10-22(17-21)33-2/h6,9-12,16-17,24H,3-5,7-8,13-15,18H2,1-2H3,(H,27,31)(H,28,32)/t24-/m0/s1. The first kappa shape index (κ1) is 23.1. The molecule has 176 valence electrons. The molecule has 0 radical (unpaired) electrons. The fourth-order valence-corrected chi connectivity index (χ4v) is 4.86. The Balaban J connectivity index is 1.45. The number of carbonyl (C=O) groups excluding carboxylic acids is 2. The second-order valence-electron chi connectivity index (χ2n) is 8.92. The molecule has 33 heavy (non-hydrogen) atoms. The highest BCUT2D eigenvalue weighted by Gasteiger charge is 2.26. The normalized spacial score (nSPS) is 17.1. The fraction of sp³-hybridized carbons (Fsp3) is 0.462. The third-order valence-electron chi connectivity index (χ3n) is 6.66. The van der Waals surface area contributed by atoms with Gasteiger partial charge in [0.2, 0.25) is 0 Å². The van der Waals surface area contributed by atoms with Crippen LogP contribution < -0.4 is 20.3 Å². The minimum Gasteiger partial charge on any atom is -0.497 e. The van der Waals surface area contributed by atoms with Crippen molar-refractivity contribution in [2.45, 2.75) is 38.1 Å². The molecule has 1 atom stereocenters. The average Bonchev–Trinajstić information content (AvgIpc) is 2.85. The van der Waals surface area contributed by atoms with Crippen molar-refractivity contribution in [1.82, 2.24) is 10.2 Å². The molecule has 7 heteroatoms. The predicted octanol–water partition coefficient (Wildman–Crippen LogP) is 3.36. The van der Waals surface area contributed by atoms with Gasteiger partial charge in [0, 0.05) is 37.6 Å². The van der Waals surface area contributed by atoms with Gasteiger partial charge in [0.05, 0.1) is 13.2 Å². The van der Waals surface area contributed by atoms with Crippen LogP contribution in [0.15, 0.2) is 42.5 Å². The van der Waals surface area contributed by atoms with Crippen LogP contribution in [0.4, 0.5) is 11.4 Å². The van der Waals surface area contributed by atoms with E-state index in [1.807, 2.05) is 0 Å². The number of rotatable bonds is 6. The van der Waals surface area contributed by atoms with Gasteiger partial charge in [0.15, 0.2) is 0 Å². The van der Waals surface area contributed by atoms with Crippen molar-refractivity contribution in [3.63, 3.8) is 0 Å². The number of nitrogens with zero attached hydrogens (tertiary/aromatic N) is 2. The molecule has 0 bridgehead atoms. The lowest BCUT2D eigenvalue weighted by molar-refractivity contribution is -0.136. The Hall–Kier alpha value is -3.06. The van der Waals surface area contributed by atoms with Crippen LogP contribution in [0.1, 0.15) is 42.9 Å². The van der Waals surface area contributed by atoms with Crippen LogP contribution in [0.5, 0.6) is 5.75 Å². The number of piperidine rings is 1. The molecule has 1 fully saturated rings. The molecule has 0 saturated carbocycles. The molecule has 2 aromatic rings. The van der Waals surface area contributed by atoms with E-state index in [0.717, 1.165) is 45.3 Å². The lowest BCUT2D eigenvalue weighted by Crippen LogP contribution is -2.43. The maximum Gasteiger partial charge on any atom is 0.313 e. The molecule has 2 N–H and O–H groups in total. The van der Waals surface area contributed by atoms with E-state index >= 15 is 0 Å². The molecule has 7 nitrogen and oxygen atoms in total. The van der Waals surface area contributed by atoms with Crippen molar-refractivity contribution in [1.29, 1.82) is 0 Å². The van der Waals surface area contributed by atoms with Gasteiger partial charge in [0.1, 0.15) is 5.75 Å². The van der Waals surface area contributed by atoms with Gasteiger partial charge >= 0.3 is 11.8 Å². The van der Waals surface area contributed by atoms with Gasteiger partial charge in [-0.2, -0.15) is 0 Å². The smallest absolute Gasteiger partial charge is 0.313 e. The summed E-state index contributed by atoms with van der Waals surface area (Å²) in [6, 6.07) is 13.7. The molecule has 1 saturated heterocycles. The summed E-state index contributed by atoms with van der Waals surface area (Å²) in [5, 5.41) is 5.54. The molecule has 2 amide bonds. The number of ether oxygens (including phenoxy) is 1. The number of aryl methyl sites for hydroxylation is 1. The molecule has 2 heterocycles. The van der Waals surface area contributed by atoms with Crippen LogP contribution in [-0.2, 0) is 16.0 Å². The lowest BCUT2D eigenvalue weighted by Gasteiger charge is -2.36. The summed E-state index contributed by atoms with van der Waals surface area (Å²) in [5.41, 5.74) is 4.40. The monoisotopic (exact) mass is 450 g/mol. The number of hydrogen-bond acceptors (Lipinski definition) is 5. The molecule has 0 unspecified atom stereocenters. The van der Waals surface area contributed by atoms with E-state index in [1.54, 1.807) is 31.4 Å². The summed E-state index contributed by atoms with van der Waals surface area (Å²) in [4.78, 5) is 29.8. The van der Waals surface area contributed by atoms with Gasteiger partial charge < -0.3 is 20.3 Å². The number of likely N-dealkylation sites (tertiary alicyclic amines) is 1. The SMILES string of the molecule is COc1cccc(NC(=O)C(=O)NC[C@@H](c2ccc3c(c2)CCCN3C)N2CCCCC2)c1. The zero-order valence-corrected chi connectivity index (χ0v) is 19.6. The Bertz CT molecular complexity index is 987. The van der Waals surface area contributed by atoms with E-state index in [0.29, 0.717) is 18.0 Å². The third-order valence-corrected chi connectivity index (χ3v) is 6.66. The summed E-state index contributed by atoms with van der Waals surface area (Å²) < 4.78 is 5.18. The number of amides is 2. The maximum absolute atomic E-state index is 12.6. The van der Waals surface area contributed by atoms with E-state index in [9.17, 15) is 9.59 Å². The zero-order valence-electron chi connectivity index (χ0n) is 19.6. The average molecular weight is 451 g/mol.